The molecule has 0 saturated heterocycles. The lowest BCUT2D eigenvalue weighted by Crippen LogP contribution is -2.02. The van der Waals surface area contributed by atoms with Gasteiger partial charge in [-0.2, -0.15) is 20.4 Å². The Balaban J connectivity index is 0.000000192. The predicted octanol–water partition coefficient (Wildman–Crippen LogP) is 4.23. The molecule has 0 radical (unpaired) electrons. The fourth-order valence-electron chi connectivity index (χ4n) is 2.33. The highest BCUT2D eigenvalue weighted by Gasteiger charge is 2.21. The number of halogens is 5. The Morgan fingerprint density at radius 1 is 0.788 bits per heavy atom. The highest BCUT2D eigenvalue weighted by molar-refractivity contribution is 14.1. The Kier molecular flexibility index (Phi) is 11.4. The molecule has 1 unspecified atom stereocenters. The molecule has 0 aliphatic carbocycles. The Bertz CT molecular complexity index is 1170. The summed E-state index contributed by atoms with van der Waals surface area (Å²) >= 11 is 13.2. The highest BCUT2D eigenvalue weighted by Crippen LogP contribution is 2.30. The van der Waals surface area contributed by atoms with E-state index in [4.69, 9.17) is 0 Å². The van der Waals surface area contributed by atoms with E-state index in [0.29, 0.717) is 5.56 Å². The van der Waals surface area contributed by atoms with Gasteiger partial charge in [-0.1, -0.05) is 0 Å². The Hall–Kier alpha value is -0.380. The lowest BCUT2D eigenvalue weighted by Gasteiger charge is -2.08. The van der Waals surface area contributed by atoms with Gasteiger partial charge < -0.3 is 5.11 Å². The van der Waals surface area contributed by atoms with Crippen molar-refractivity contribution < 1.29 is 9.90 Å². The summed E-state index contributed by atoms with van der Waals surface area (Å²) in [7, 11) is 7.35. The van der Waals surface area contributed by atoms with Crippen molar-refractivity contribution in [3.63, 3.8) is 0 Å². The molecule has 33 heavy (non-hydrogen) atoms. The Morgan fingerprint density at radius 2 is 1.27 bits per heavy atom. The number of nitrogens with zero attached hydrogens (tertiary/aromatic N) is 8. The van der Waals surface area contributed by atoms with Crippen LogP contribution in [0, 0.1) is 11.0 Å². The molecule has 4 rings (SSSR count). The van der Waals surface area contributed by atoms with E-state index in [1.54, 1.807) is 44.4 Å². The summed E-state index contributed by atoms with van der Waals surface area (Å²) in [6.07, 6.45) is 6.78. The fourth-order valence-corrected chi connectivity index (χ4v) is 4.36. The molecular formula is C18H19Br2I3N8O2. The van der Waals surface area contributed by atoms with Gasteiger partial charge in [0.15, 0.2) is 6.29 Å². The van der Waals surface area contributed by atoms with Gasteiger partial charge in [0.25, 0.3) is 0 Å². The number of aliphatic hydroxyl groups excluding tert-OH is 1. The van der Waals surface area contributed by atoms with E-state index in [1.807, 2.05) is 27.3 Å². The van der Waals surface area contributed by atoms with Crippen molar-refractivity contribution in [3.8, 4) is 0 Å². The normalized spacial score (nSPS) is 11.3. The fraction of sp³-hybridized carbons (Fsp3) is 0.278. The maximum atomic E-state index is 10.2. The van der Waals surface area contributed by atoms with Gasteiger partial charge in [-0.25, -0.2) is 0 Å². The topological polar surface area (TPSA) is 109 Å². The van der Waals surface area contributed by atoms with Crippen LogP contribution >= 0.6 is 99.6 Å². The van der Waals surface area contributed by atoms with Gasteiger partial charge in [-0.05, 0) is 99.6 Å². The molecule has 0 saturated carbocycles. The third-order valence-electron chi connectivity index (χ3n) is 4.22. The quantitative estimate of drug-likeness (QED) is 0.244. The van der Waals surface area contributed by atoms with E-state index in [0.717, 1.165) is 37.6 Å². The average molecular weight is 920 g/mol. The van der Waals surface area contributed by atoms with E-state index in [2.05, 4.69) is 120 Å². The van der Waals surface area contributed by atoms with Gasteiger partial charge in [0.2, 0.25) is 0 Å². The van der Waals surface area contributed by atoms with Gasteiger partial charge in [-0.15, -0.1) is 0 Å². The number of aryl methyl sites for hydroxylation is 4. The number of hydrogen-bond donors (Lipinski definition) is 1. The second-order valence-electron chi connectivity index (χ2n) is 6.47. The van der Waals surface area contributed by atoms with Crippen molar-refractivity contribution in [2.45, 2.75) is 6.10 Å². The number of aliphatic hydroxyl groups is 1. The largest absolute Gasteiger partial charge is 0.383 e. The second-order valence-corrected chi connectivity index (χ2v) is 11.2. The van der Waals surface area contributed by atoms with E-state index < -0.39 is 6.10 Å². The summed E-state index contributed by atoms with van der Waals surface area (Å²) in [4.78, 5) is 10.2. The molecule has 15 heteroatoms. The number of carbonyl (C=O) groups is 1. The minimum atomic E-state index is -0.705. The van der Waals surface area contributed by atoms with Crippen molar-refractivity contribution in [3.05, 3.63) is 61.7 Å². The lowest BCUT2D eigenvalue weighted by molar-refractivity contribution is 0.112. The SMILES string of the molecule is Cn1ncc(C(O)c2cnn(C)c2I)c1Br.Cn1ncc(C=O)c1I.Cn1ncc(I)c1Br. The first-order chi connectivity index (χ1) is 15.5. The summed E-state index contributed by atoms with van der Waals surface area (Å²) in [6.45, 7) is 0. The summed E-state index contributed by atoms with van der Waals surface area (Å²) < 4.78 is 11.6. The molecule has 178 valence electrons. The molecule has 0 aliphatic heterocycles. The lowest BCUT2D eigenvalue weighted by atomic mass is 10.1. The van der Waals surface area contributed by atoms with Crippen LogP contribution in [-0.2, 0) is 28.2 Å². The van der Waals surface area contributed by atoms with Crippen LogP contribution in [0.25, 0.3) is 0 Å². The van der Waals surface area contributed by atoms with Crippen molar-refractivity contribution in [2.24, 2.45) is 28.2 Å². The molecule has 10 nitrogen and oxygen atoms in total. The second kappa shape index (κ2) is 13.1. The number of carbonyl (C=O) groups excluding carboxylic acids is 1. The zero-order chi connectivity index (χ0) is 24.9. The molecule has 4 aromatic rings. The maximum absolute atomic E-state index is 10.2. The molecule has 4 aromatic heterocycles. The van der Waals surface area contributed by atoms with Crippen LogP contribution < -0.4 is 0 Å². The van der Waals surface area contributed by atoms with Crippen molar-refractivity contribution in [2.75, 3.05) is 0 Å². The van der Waals surface area contributed by atoms with Crippen molar-refractivity contribution in [1.29, 1.82) is 0 Å². The third kappa shape index (κ3) is 7.31. The first-order valence-electron chi connectivity index (χ1n) is 8.98. The molecule has 1 N–H and O–H groups in total. The first kappa shape index (κ1) is 28.9. The zero-order valence-electron chi connectivity index (χ0n) is 17.8. The summed E-state index contributed by atoms with van der Waals surface area (Å²) in [5.74, 6) is 0. The molecule has 0 spiro atoms. The van der Waals surface area contributed by atoms with E-state index in [-0.39, 0.29) is 0 Å². The molecule has 0 bridgehead atoms. The Morgan fingerprint density at radius 3 is 1.58 bits per heavy atom. The minimum Gasteiger partial charge on any atom is -0.383 e. The standard InChI is InChI=1S/C9H10BrIN4O.C5H5IN2O.C4H4BrIN2/c1-14-8(10)5(3-12-14)7(16)6-4-13-15(2)9(6)11;1-8-5(6)4(3-9)2-7-8;1-8-4(5)3(6)2-7-8/h3-4,7,16H,1-2H3;2-3H,1H3;2H,1H3. The van der Waals surface area contributed by atoms with Crippen LogP contribution in [0.5, 0.6) is 0 Å². The van der Waals surface area contributed by atoms with E-state index in [9.17, 15) is 9.90 Å². The van der Waals surface area contributed by atoms with Gasteiger partial charge in [0.05, 0.1) is 33.9 Å². The number of hydrogen-bond acceptors (Lipinski definition) is 6. The van der Waals surface area contributed by atoms with Crippen molar-refractivity contribution >= 4 is 106 Å². The Labute approximate surface area is 248 Å². The molecular weight excluding hydrogens is 901 g/mol. The van der Waals surface area contributed by atoms with Crippen LogP contribution in [0.15, 0.2) is 34.0 Å². The minimum absolute atomic E-state index is 0.651. The molecule has 1 atom stereocenters. The number of aldehydes is 1. The van der Waals surface area contributed by atoms with Gasteiger partial charge >= 0.3 is 0 Å². The molecule has 0 aliphatic rings. The van der Waals surface area contributed by atoms with Crippen LogP contribution in [-0.4, -0.2) is 50.5 Å². The molecule has 4 heterocycles. The average Bonchev–Trinajstić information content (AvgIpc) is 3.50. The summed E-state index contributed by atoms with van der Waals surface area (Å²) in [5.41, 5.74) is 2.18. The summed E-state index contributed by atoms with van der Waals surface area (Å²) in [5, 5.41) is 26.3. The molecule has 0 amide bonds. The van der Waals surface area contributed by atoms with E-state index >= 15 is 0 Å². The predicted molar refractivity (Wildman–Crippen MR) is 156 cm³/mol. The monoisotopic (exact) mass is 918 g/mol. The smallest absolute Gasteiger partial charge is 0.154 e. The third-order valence-corrected chi connectivity index (χ3v) is 10.3. The van der Waals surface area contributed by atoms with Crippen molar-refractivity contribution in [1.82, 2.24) is 39.1 Å². The maximum Gasteiger partial charge on any atom is 0.154 e. The van der Waals surface area contributed by atoms with Crippen LogP contribution in [0.4, 0.5) is 0 Å². The first-order valence-corrected chi connectivity index (χ1v) is 13.8. The molecule has 0 aromatic carbocycles. The van der Waals surface area contributed by atoms with Crippen LogP contribution in [0.1, 0.15) is 27.6 Å². The molecule has 0 fully saturated rings. The van der Waals surface area contributed by atoms with Crippen LogP contribution in [0.2, 0.25) is 0 Å². The number of aromatic nitrogens is 8. The van der Waals surface area contributed by atoms with Gasteiger partial charge in [0, 0.05) is 39.3 Å². The van der Waals surface area contributed by atoms with Gasteiger partial charge in [0.1, 0.15) is 22.7 Å². The summed E-state index contributed by atoms with van der Waals surface area (Å²) in [6, 6.07) is 0. The van der Waals surface area contributed by atoms with Crippen LogP contribution in [0.3, 0.4) is 0 Å². The van der Waals surface area contributed by atoms with E-state index in [1.165, 1.54) is 0 Å². The zero-order valence-corrected chi connectivity index (χ0v) is 27.4. The highest BCUT2D eigenvalue weighted by atomic mass is 127. The van der Waals surface area contributed by atoms with Gasteiger partial charge in [-0.3, -0.25) is 23.5 Å². The number of rotatable bonds is 3.